The van der Waals surface area contributed by atoms with Crippen LogP contribution in [0.15, 0.2) is 57.6 Å². The number of alkyl halides is 3. The van der Waals surface area contributed by atoms with Gasteiger partial charge >= 0.3 is 6.18 Å². The molecule has 9 heteroatoms. The summed E-state index contributed by atoms with van der Waals surface area (Å²) in [5, 5.41) is 17.3. The Hall–Kier alpha value is -3.90. The molecule has 4 aromatic rings. The van der Waals surface area contributed by atoms with Gasteiger partial charge in [-0.1, -0.05) is 58.8 Å². The topological polar surface area (TPSA) is 102 Å². The summed E-state index contributed by atoms with van der Waals surface area (Å²) in [7, 11) is 0. The van der Waals surface area contributed by atoms with Crippen molar-refractivity contribution < 1.29 is 22.2 Å². The zero-order chi connectivity index (χ0) is 25.1. The van der Waals surface area contributed by atoms with Gasteiger partial charge in [0.15, 0.2) is 17.2 Å². The summed E-state index contributed by atoms with van der Waals surface area (Å²) in [4.78, 5) is 0. The summed E-state index contributed by atoms with van der Waals surface area (Å²) in [6, 6.07) is 16.3. The maximum Gasteiger partial charge on any atom is 0.422 e. The lowest BCUT2D eigenvalue weighted by molar-refractivity contribution is -0.136. The molecule has 2 aliphatic carbocycles. The molecule has 2 aliphatic rings. The molecule has 182 valence electrons. The van der Waals surface area contributed by atoms with Gasteiger partial charge in [-0.05, 0) is 49.1 Å². The van der Waals surface area contributed by atoms with E-state index in [0.29, 0.717) is 36.9 Å². The number of halogens is 3. The first-order valence-electron chi connectivity index (χ1n) is 11.7. The number of benzene rings is 2. The van der Waals surface area contributed by atoms with Gasteiger partial charge in [-0.2, -0.15) is 18.4 Å². The van der Waals surface area contributed by atoms with Crippen LogP contribution in [0.3, 0.4) is 0 Å². The van der Waals surface area contributed by atoms with Gasteiger partial charge in [-0.3, -0.25) is 0 Å². The zero-order valence-corrected chi connectivity index (χ0v) is 19.1. The molecule has 36 heavy (non-hydrogen) atoms. The number of fused-ring (bicyclic) bond motifs is 3. The molecule has 0 spiro atoms. The van der Waals surface area contributed by atoms with Gasteiger partial charge in [0.05, 0.1) is 6.07 Å². The third kappa shape index (κ3) is 3.60. The fraction of sp³-hybridized carbons (Fsp3) is 0.296. The molecular formula is C27H21F3N4O2. The Balaban J connectivity index is 1.39. The number of nitrogens with zero attached hydrogens (tertiary/aromatic N) is 3. The van der Waals surface area contributed by atoms with Crippen molar-refractivity contribution in [2.75, 3.05) is 0 Å². The third-order valence-corrected chi connectivity index (χ3v) is 7.29. The van der Waals surface area contributed by atoms with Crippen LogP contribution in [0, 0.1) is 11.3 Å². The van der Waals surface area contributed by atoms with Crippen molar-refractivity contribution in [3.05, 3.63) is 70.8 Å². The Morgan fingerprint density at radius 2 is 1.75 bits per heavy atom. The molecule has 2 heterocycles. The molecule has 2 aromatic carbocycles. The van der Waals surface area contributed by atoms with Crippen LogP contribution in [0.2, 0.25) is 0 Å². The predicted molar refractivity (Wildman–Crippen MR) is 124 cm³/mol. The summed E-state index contributed by atoms with van der Waals surface area (Å²) in [5.74, 6) is -0.167. The van der Waals surface area contributed by atoms with E-state index in [1.54, 1.807) is 30.3 Å². The van der Waals surface area contributed by atoms with Crippen LogP contribution in [0.4, 0.5) is 13.2 Å². The van der Waals surface area contributed by atoms with E-state index in [-0.39, 0.29) is 23.0 Å². The minimum atomic E-state index is -4.70. The second-order valence-electron chi connectivity index (χ2n) is 9.56. The molecular weight excluding hydrogens is 469 g/mol. The van der Waals surface area contributed by atoms with E-state index in [2.05, 4.69) is 22.4 Å². The van der Waals surface area contributed by atoms with Crippen molar-refractivity contribution in [2.45, 2.75) is 49.7 Å². The SMILES string of the molecule is N#CC1(N)CCC(c2ccc3c(c2)CCc2c-3noc2-c2noc(-c3ccccc3)c2C(F)(F)F)C1. The van der Waals surface area contributed by atoms with Crippen LogP contribution in [0.5, 0.6) is 0 Å². The highest BCUT2D eigenvalue weighted by Crippen LogP contribution is 2.47. The molecule has 0 aliphatic heterocycles. The Bertz CT molecular complexity index is 1500. The molecule has 6 nitrogen and oxygen atoms in total. The van der Waals surface area contributed by atoms with Gasteiger partial charge in [-0.25, -0.2) is 0 Å². The Labute approximate surface area is 204 Å². The van der Waals surface area contributed by atoms with Crippen LogP contribution in [0.25, 0.3) is 34.0 Å². The molecule has 1 saturated carbocycles. The van der Waals surface area contributed by atoms with Crippen LogP contribution in [-0.2, 0) is 19.0 Å². The average molecular weight is 490 g/mol. The third-order valence-electron chi connectivity index (χ3n) is 7.29. The normalized spacial score (nSPS) is 21.1. The standard InChI is InChI=1S/C27H21F3N4O2/c28-27(29,30)21-23(34-35-24(21)15-4-2-1-3-5-15)25-20-9-7-17-12-16(6-8-19(17)22(20)33-36-25)18-10-11-26(32,13-18)14-31/h1-6,8,12,18H,7,9-11,13,32H2. The maximum absolute atomic E-state index is 14.2. The van der Waals surface area contributed by atoms with Crippen LogP contribution in [-0.4, -0.2) is 15.9 Å². The molecule has 2 N–H and O–H groups in total. The largest absolute Gasteiger partial charge is 0.422 e. The van der Waals surface area contributed by atoms with E-state index in [0.717, 1.165) is 23.1 Å². The molecule has 2 unspecified atom stereocenters. The second-order valence-corrected chi connectivity index (χ2v) is 9.56. The van der Waals surface area contributed by atoms with E-state index in [4.69, 9.17) is 14.8 Å². The predicted octanol–water partition coefficient (Wildman–Crippen LogP) is 6.27. The quantitative estimate of drug-likeness (QED) is 0.363. The molecule has 0 bridgehead atoms. The molecule has 2 aromatic heterocycles. The number of rotatable bonds is 3. The summed E-state index contributed by atoms with van der Waals surface area (Å²) in [6.07, 6.45) is -1.51. The minimum Gasteiger partial charge on any atom is -0.355 e. The highest BCUT2D eigenvalue weighted by atomic mass is 19.4. The van der Waals surface area contributed by atoms with Crippen LogP contribution < -0.4 is 5.73 Å². The lowest BCUT2D eigenvalue weighted by atomic mass is 9.84. The lowest BCUT2D eigenvalue weighted by Gasteiger charge is -2.19. The highest BCUT2D eigenvalue weighted by Gasteiger charge is 2.43. The highest BCUT2D eigenvalue weighted by molar-refractivity contribution is 5.79. The summed E-state index contributed by atoms with van der Waals surface area (Å²) < 4.78 is 53.2. The van der Waals surface area contributed by atoms with E-state index >= 15 is 0 Å². The lowest BCUT2D eigenvalue weighted by Crippen LogP contribution is -2.34. The van der Waals surface area contributed by atoms with Crippen molar-refractivity contribution in [2.24, 2.45) is 5.73 Å². The molecule has 1 fully saturated rings. The average Bonchev–Trinajstić information content (AvgIpc) is 3.60. The summed E-state index contributed by atoms with van der Waals surface area (Å²) in [6.45, 7) is 0. The van der Waals surface area contributed by atoms with Gasteiger partial charge < -0.3 is 14.8 Å². The van der Waals surface area contributed by atoms with Gasteiger partial charge in [0, 0.05) is 16.7 Å². The number of aryl methyl sites for hydroxylation is 1. The van der Waals surface area contributed by atoms with Gasteiger partial charge in [0.25, 0.3) is 0 Å². The second kappa shape index (κ2) is 8.07. The van der Waals surface area contributed by atoms with E-state index in [1.165, 1.54) is 0 Å². The first-order valence-corrected chi connectivity index (χ1v) is 11.7. The first kappa shape index (κ1) is 22.6. The number of nitrogens with two attached hydrogens (primary N) is 1. The monoisotopic (exact) mass is 490 g/mol. The van der Waals surface area contributed by atoms with Gasteiger partial charge in [0.2, 0.25) is 0 Å². The molecule has 6 rings (SSSR count). The summed E-state index contributed by atoms with van der Waals surface area (Å²) in [5.41, 5.74) is 8.37. The van der Waals surface area contributed by atoms with Crippen molar-refractivity contribution in [1.82, 2.24) is 10.3 Å². The first-order chi connectivity index (χ1) is 17.3. The fourth-order valence-corrected chi connectivity index (χ4v) is 5.46. The van der Waals surface area contributed by atoms with Crippen LogP contribution >= 0.6 is 0 Å². The van der Waals surface area contributed by atoms with Crippen molar-refractivity contribution in [3.8, 4) is 40.1 Å². The zero-order valence-electron chi connectivity index (χ0n) is 19.1. The van der Waals surface area contributed by atoms with Gasteiger partial charge in [0.1, 0.15) is 16.8 Å². The Kier molecular flexibility index (Phi) is 5.05. The Morgan fingerprint density at radius 1 is 1.00 bits per heavy atom. The molecule has 0 saturated heterocycles. The Morgan fingerprint density at radius 3 is 2.47 bits per heavy atom. The number of hydrogen-bond acceptors (Lipinski definition) is 6. The maximum atomic E-state index is 14.2. The minimum absolute atomic E-state index is 0.0179. The molecule has 0 amide bonds. The fourth-order valence-electron chi connectivity index (χ4n) is 5.46. The molecule has 0 radical (unpaired) electrons. The van der Waals surface area contributed by atoms with Gasteiger partial charge in [-0.15, -0.1) is 0 Å². The number of hydrogen-bond donors (Lipinski definition) is 1. The number of aromatic nitrogens is 2. The summed E-state index contributed by atoms with van der Waals surface area (Å²) >= 11 is 0. The van der Waals surface area contributed by atoms with Crippen molar-refractivity contribution >= 4 is 0 Å². The van der Waals surface area contributed by atoms with E-state index in [1.807, 2.05) is 12.1 Å². The number of nitriles is 1. The van der Waals surface area contributed by atoms with Crippen LogP contribution in [0.1, 0.15) is 47.4 Å². The smallest absolute Gasteiger partial charge is 0.355 e. The van der Waals surface area contributed by atoms with E-state index in [9.17, 15) is 18.4 Å². The molecule has 2 atom stereocenters. The van der Waals surface area contributed by atoms with E-state index < -0.39 is 23.0 Å². The van der Waals surface area contributed by atoms with Crippen molar-refractivity contribution in [3.63, 3.8) is 0 Å². The van der Waals surface area contributed by atoms with Crippen molar-refractivity contribution in [1.29, 1.82) is 5.26 Å².